The highest BCUT2D eigenvalue weighted by Gasteiger charge is 2.37. The number of hydrogen-bond donors (Lipinski definition) is 0. The fraction of sp³-hybridized carbons (Fsp3) is 0.533. The molecule has 2 rings (SSSR count). The first-order chi connectivity index (χ1) is 7.06. The Bertz CT molecular complexity index is 329. The molecule has 0 amide bonds. The molecule has 0 aliphatic heterocycles. The van der Waals surface area contributed by atoms with Gasteiger partial charge in [0.25, 0.3) is 0 Å². The van der Waals surface area contributed by atoms with Gasteiger partial charge in [0.15, 0.2) is 0 Å². The third kappa shape index (κ3) is 1.60. The molecule has 2 aliphatic rings. The lowest BCUT2D eigenvalue weighted by atomic mass is 9.63. The molecule has 81 valence electrons. The predicted molar refractivity (Wildman–Crippen MR) is 66.3 cm³/mol. The van der Waals surface area contributed by atoms with Crippen molar-refractivity contribution >= 4 is 0 Å². The fourth-order valence-electron chi connectivity index (χ4n) is 2.89. The molecule has 0 saturated heterocycles. The van der Waals surface area contributed by atoms with Crippen LogP contribution < -0.4 is 0 Å². The maximum Gasteiger partial charge on any atom is 0.0127 e. The van der Waals surface area contributed by atoms with Crippen molar-refractivity contribution in [3.8, 4) is 0 Å². The predicted octanol–water partition coefficient (Wildman–Crippen LogP) is 4.32. The zero-order valence-electron chi connectivity index (χ0n) is 10.2. The van der Waals surface area contributed by atoms with Gasteiger partial charge >= 0.3 is 0 Å². The molecule has 0 saturated carbocycles. The van der Waals surface area contributed by atoms with Gasteiger partial charge in [0, 0.05) is 6.42 Å². The minimum absolute atomic E-state index is 0.362. The normalized spacial score (nSPS) is 23.1. The van der Waals surface area contributed by atoms with E-state index in [0.29, 0.717) is 17.3 Å². The number of allylic oxidation sites excluding steroid dienone is 6. The summed E-state index contributed by atoms with van der Waals surface area (Å²) in [6.45, 7) is 9.38. The highest BCUT2D eigenvalue weighted by atomic mass is 14.4. The van der Waals surface area contributed by atoms with Crippen molar-refractivity contribution in [1.82, 2.24) is 0 Å². The first kappa shape index (κ1) is 10.7. The van der Waals surface area contributed by atoms with E-state index in [9.17, 15) is 0 Å². The first-order valence-electron chi connectivity index (χ1n) is 6.00. The van der Waals surface area contributed by atoms with Crippen molar-refractivity contribution in [1.29, 1.82) is 0 Å². The molecule has 0 unspecified atom stereocenters. The minimum Gasteiger partial charge on any atom is -0.0772 e. The standard InChI is InChI=1S/C15H21/c1-11(2)15(12(3)4)9-8-13-6-5-7-14(13)10-15/h5-9,11-12H,10H2,1-4H3. The van der Waals surface area contributed by atoms with Crippen molar-refractivity contribution in [3.63, 3.8) is 0 Å². The van der Waals surface area contributed by atoms with Crippen LogP contribution in [0.2, 0.25) is 0 Å². The Balaban J connectivity index is 2.32. The van der Waals surface area contributed by atoms with E-state index in [4.69, 9.17) is 0 Å². The maximum atomic E-state index is 2.45. The van der Waals surface area contributed by atoms with Crippen LogP contribution in [0.1, 0.15) is 34.1 Å². The SMILES string of the molecule is CC(C)C1(C(C)C)C=CC2=C(C=C[CH]2)C1. The molecule has 0 atom stereocenters. The van der Waals surface area contributed by atoms with Gasteiger partial charge in [0.1, 0.15) is 0 Å². The summed E-state index contributed by atoms with van der Waals surface area (Å²) >= 11 is 0. The van der Waals surface area contributed by atoms with E-state index >= 15 is 0 Å². The van der Waals surface area contributed by atoms with E-state index < -0.39 is 0 Å². The van der Waals surface area contributed by atoms with Gasteiger partial charge in [0.05, 0.1) is 0 Å². The summed E-state index contributed by atoms with van der Waals surface area (Å²) in [4.78, 5) is 0. The van der Waals surface area contributed by atoms with Gasteiger partial charge in [-0.1, -0.05) is 52.0 Å². The van der Waals surface area contributed by atoms with Crippen molar-refractivity contribution in [2.24, 2.45) is 17.3 Å². The molecule has 0 N–H and O–H groups in total. The summed E-state index contributed by atoms with van der Waals surface area (Å²) in [5.74, 6) is 1.41. The van der Waals surface area contributed by atoms with Crippen LogP contribution >= 0.6 is 0 Å². The second-order valence-corrected chi connectivity index (χ2v) is 5.44. The Kier molecular flexibility index (Phi) is 2.62. The lowest BCUT2D eigenvalue weighted by Gasteiger charge is -2.41. The Labute approximate surface area is 93.8 Å². The third-order valence-corrected chi connectivity index (χ3v) is 4.16. The topological polar surface area (TPSA) is 0 Å². The maximum absolute atomic E-state index is 2.45. The van der Waals surface area contributed by atoms with Crippen molar-refractivity contribution in [2.45, 2.75) is 34.1 Å². The van der Waals surface area contributed by atoms with Crippen LogP contribution in [0.15, 0.2) is 35.5 Å². The molecule has 0 bridgehead atoms. The van der Waals surface area contributed by atoms with Gasteiger partial charge < -0.3 is 0 Å². The Morgan fingerprint density at radius 3 is 2.33 bits per heavy atom. The summed E-state index contributed by atoms with van der Waals surface area (Å²) < 4.78 is 0. The molecule has 0 fully saturated rings. The van der Waals surface area contributed by atoms with Crippen LogP contribution in [-0.2, 0) is 0 Å². The highest BCUT2D eigenvalue weighted by Crippen LogP contribution is 2.47. The van der Waals surface area contributed by atoms with Crippen LogP contribution in [0.5, 0.6) is 0 Å². The molecule has 0 nitrogen and oxygen atoms in total. The smallest absolute Gasteiger partial charge is 0.0127 e. The monoisotopic (exact) mass is 201 g/mol. The number of hydrogen-bond acceptors (Lipinski definition) is 0. The largest absolute Gasteiger partial charge is 0.0772 e. The summed E-state index contributed by atoms with van der Waals surface area (Å²) in [5.41, 5.74) is 3.31. The van der Waals surface area contributed by atoms with E-state index in [1.54, 1.807) is 0 Å². The molecule has 0 aromatic rings. The molecule has 1 radical (unpaired) electrons. The number of rotatable bonds is 2. The summed E-state index contributed by atoms with van der Waals surface area (Å²) in [5, 5.41) is 0. The molecule has 0 spiro atoms. The molecule has 0 aromatic heterocycles. The quantitative estimate of drug-likeness (QED) is 0.624. The van der Waals surface area contributed by atoms with Gasteiger partial charge in [-0.05, 0) is 34.8 Å². The van der Waals surface area contributed by atoms with Crippen molar-refractivity contribution in [2.75, 3.05) is 0 Å². The van der Waals surface area contributed by atoms with E-state index in [-0.39, 0.29) is 0 Å². The second kappa shape index (κ2) is 3.66. The van der Waals surface area contributed by atoms with Gasteiger partial charge in [-0.15, -0.1) is 0 Å². The van der Waals surface area contributed by atoms with E-state index in [1.165, 1.54) is 17.6 Å². The average molecular weight is 201 g/mol. The fourth-order valence-corrected chi connectivity index (χ4v) is 2.89. The third-order valence-electron chi connectivity index (χ3n) is 4.16. The molecule has 15 heavy (non-hydrogen) atoms. The van der Waals surface area contributed by atoms with Crippen LogP contribution in [-0.4, -0.2) is 0 Å². The molecular weight excluding hydrogens is 180 g/mol. The minimum atomic E-state index is 0.362. The Hall–Kier alpha value is -0.780. The van der Waals surface area contributed by atoms with Crippen LogP contribution in [0, 0.1) is 23.7 Å². The van der Waals surface area contributed by atoms with Crippen LogP contribution in [0.3, 0.4) is 0 Å². The van der Waals surface area contributed by atoms with Gasteiger partial charge in [0.2, 0.25) is 0 Å². The Morgan fingerprint density at radius 1 is 1.07 bits per heavy atom. The van der Waals surface area contributed by atoms with Crippen molar-refractivity contribution < 1.29 is 0 Å². The summed E-state index contributed by atoms with van der Waals surface area (Å²) in [7, 11) is 0. The zero-order chi connectivity index (χ0) is 11.1. The van der Waals surface area contributed by atoms with E-state index in [2.05, 4.69) is 58.4 Å². The van der Waals surface area contributed by atoms with Gasteiger partial charge in [-0.25, -0.2) is 0 Å². The molecule has 0 heterocycles. The second-order valence-electron chi connectivity index (χ2n) is 5.44. The highest BCUT2D eigenvalue weighted by molar-refractivity contribution is 5.51. The molecule has 0 aromatic carbocycles. The molecule has 2 aliphatic carbocycles. The summed E-state index contributed by atoms with van der Waals surface area (Å²) in [6, 6.07) is 0. The molecular formula is C15H21. The molecule has 0 heteroatoms. The lowest BCUT2D eigenvalue weighted by Crippen LogP contribution is -2.32. The lowest BCUT2D eigenvalue weighted by molar-refractivity contribution is 0.177. The average Bonchev–Trinajstić information content (AvgIpc) is 2.62. The van der Waals surface area contributed by atoms with E-state index in [0.717, 1.165) is 0 Å². The first-order valence-corrected chi connectivity index (χ1v) is 6.00. The van der Waals surface area contributed by atoms with Crippen LogP contribution in [0.25, 0.3) is 0 Å². The Morgan fingerprint density at radius 2 is 1.73 bits per heavy atom. The van der Waals surface area contributed by atoms with Gasteiger partial charge in [-0.2, -0.15) is 0 Å². The zero-order valence-corrected chi connectivity index (χ0v) is 10.2. The summed E-state index contributed by atoms with van der Waals surface area (Å²) in [6.07, 6.45) is 12.6. The van der Waals surface area contributed by atoms with Crippen molar-refractivity contribution in [3.05, 3.63) is 41.9 Å². The van der Waals surface area contributed by atoms with Gasteiger partial charge in [-0.3, -0.25) is 0 Å². The van der Waals surface area contributed by atoms with Crippen LogP contribution in [0.4, 0.5) is 0 Å². The van der Waals surface area contributed by atoms with E-state index in [1.807, 2.05) is 0 Å².